The summed E-state index contributed by atoms with van der Waals surface area (Å²) in [6.07, 6.45) is 1.47. The fourth-order valence-electron chi connectivity index (χ4n) is 3.45. The molecule has 0 saturated carbocycles. The predicted molar refractivity (Wildman–Crippen MR) is 102 cm³/mol. The number of piperidine rings is 1. The van der Waals surface area contributed by atoms with Gasteiger partial charge in [-0.2, -0.15) is 0 Å². The molecule has 8 nitrogen and oxygen atoms in total. The van der Waals surface area contributed by atoms with E-state index >= 15 is 0 Å². The second-order valence-corrected chi connectivity index (χ2v) is 7.34. The fraction of sp³-hybridized carbons (Fsp3) is 0.438. The maximum absolute atomic E-state index is 8.59. The van der Waals surface area contributed by atoms with Gasteiger partial charge in [-0.1, -0.05) is 23.2 Å². The minimum atomic E-state index is -0.654. The average molecular weight is 396 g/mol. The summed E-state index contributed by atoms with van der Waals surface area (Å²) >= 11 is 12.1. The van der Waals surface area contributed by atoms with Crippen molar-refractivity contribution in [2.45, 2.75) is 19.0 Å². The number of aromatic nitrogens is 2. The van der Waals surface area contributed by atoms with Gasteiger partial charge in [-0.15, -0.1) is 0 Å². The van der Waals surface area contributed by atoms with Crippen molar-refractivity contribution in [3.63, 3.8) is 0 Å². The number of hydrogen-bond acceptors (Lipinski definition) is 7. The summed E-state index contributed by atoms with van der Waals surface area (Å²) in [5.41, 5.74) is 7.02. The van der Waals surface area contributed by atoms with Gasteiger partial charge in [0.25, 0.3) is 0 Å². The molecule has 1 aromatic heterocycles. The molecule has 0 spiro atoms. The second kappa shape index (κ2) is 7.03. The Labute approximate surface area is 160 Å². The quantitative estimate of drug-likeness (QED) is 0.732. The van der Waals surface area contributed by atoms with E-state index in [0.717, 1.165) is 25.9 Å². The molecule has 1 fully saturated rings. The van der Waals surface area contributed by atoms with E-state index in [4.69, 9.17) is 39.0 Å². The third-order valence-electron chi connectivity index (χ3n) is 4.87. The van der Waals surface area contributed by atoms with Gasteiger partial charge in [-0.05, 0) is 60.4 Å². The Balaban J connectivity index is 1.68. The summed E-state index contributed by atoms with van der Waals surface area (Å²) in [5.74, 6) is 1.64. The molecule has 2 aliphatic rings. The minimum Gasteiger partial charge on any atom is -0.328 e. The van der Waals surface area contributed by atoms with Crippen molar-refractivity contribution in [3.8, 4) is 0 Å². The molecular formula is C16H19Cl2N7O. The van der Waals surface area contributed by atoms with E-state index in [2.05, 4.69) is 15.6 Å². The first-order chi connectivity index (χ1) is 12.6. The molecule has 3 heterocycles. The van der Waals surface area contributed by atoms with E-state index in [1.807, 2.05) is 4.90 Å². The second-order valence-electron chi connectivity index (χ2n) is 6.52. The van der Waals surface area contributed by atoms with Crippen molar-refractivity contribution < 1.29 is 4.63 Å². The van der Waals surface area contributed by atoms with Crippen molar-refractivity contribution in [2.24, 2.45) is 11.7 Å². The zero-order valence-corrected chi connectivity index (χ0v) is 15.5. The van der Waals surface area contributed by atoms with Gasteiger partial charge in [0.15, 0.2) is 0 Å². The van der Waals surface area contributed by atoms with Crippen LogP contribution < -0.4 is 20.9 Å². The molecule has 1 aromatic carbocycles. The van der Waals surface area contributed by atoms with Gasteiger partial charge in [0.2, 0.25) is 11.6 Å². The van der Waals surface area contributed by atoms with Crippen LogP contribution in [-0.4, -0.2) is 41.9 Å². The van der Waals surface area contributed by atoms with Crippen LogP contribution in [0.2, 0.25) is 10.0 Å². The van der Waals surface area contributed by atoms with Crippen molar-refractivity contribution >= 4 is 46.4 Å². The maximum atomic E-state index is 8.59. The molecule has 26 heavy (non-hydrogen) atoms. The molecule has 1 atom stereocenters. The molecule has 2 aromatic rings. The van der Waals surface area contributed by atoms with Gasteiger partial charge in [0, 0.05) is 6.54 Å². The number of hydrogen-bond donors (Lipinski definition) is 3. The van der Waals surface area contributed by atoms with Crippen molar-refractivity contribution in [1.82, 2.24) is 15.6 Å². The van der Waals surface area contributed by atoms with Crippen LogP contribution >= 0.6 is 23.2 Å². The highest BCUT2D eigenvalue weighted by Crippen LogP contribution is 2.39. The molecular weight excluding hydrogens is 377 g/mol. The molecule has 0 aliphatic carbocycles. The summed E-state index contributed by atoms with van der Waals surface area (Å²) in [7, 11) is 0. The lowest BCUT2D eigenvalue weighted by Crippen LogP contribution is -2.58. The van der Waals surface area contributed by atoms with Gasteiger partial charge in [0.1, 0.15) is 12.0 Å². The molecule has 1 unspecified atom stereocenters. The molecule has 0 bridgehead atoms. The van der Waals surface area contributed by atoms with Crippen LogP contribution in [0.3, 0.4) is 0 Å². The van der Waals surface area contributed by atoms with E-state index in [9.17, 15) is 0 Å². The van der Waals surface area contributed by atoms with Gasteiger partial charge in [-0.3, -0.25) is 10.3 Å². The molecule has 4 N–H and O–H groups in total. The summed E-state index contributed by atoms with van der Waals surface area (Å²) in [5, 5.41) is 20.8. The van der Waals surface area contributed by atoms with Crippen LogP contribution in [0, 0.1) is 11.3 Å². The number of anilines is 3. The SMILES string of the molecule is N=C1C(N)N(CC2CCNCC2)c2nonc2N1c1ccc(Cl)c(Cl)c1. The molecule has 1 saturated heterocycles. The molecule has 4 rings (SSSR count). The Hall–Kier alpha value is -1.87. The van der Waals surface area contributed by atoms with Crippen molar-refractivity contribution in [3.05, 3.63) is 28.2 Å². The molecule has 2 aliphatic heterocycles. The summed E-state index contributed by atoms with van der Waals surface area (Å²) in [6, 6.07) is 5.11. The Kier molecular flexibility index (Phi) is 4.74. The molecule has 0 amide bonds. The lowest BCUT2D eigenvalue weighted by atomic mass is 9.97. The van der Waals surface area contributed by atoms with E-state index in [1.165, 1.54) is 0 Å². The van der Waals surface area contributed by atoms with Crippen LogP contribution in [0.15, 0.2) is 22.8 Å². The highest BCUT2D eigenvalue weighted by Gasteiger charge is 2.39. The minimum absolute atomic E-state index is 0.181. The fourth-order valence-corrected chi connectivity index (χ4v) is 3.75. The number of rotatable bonds is 3. The van der Waals surface area contributed by atoms with Gasteiger partial charge < -0.3 is 16.0 Å². The van der Waals surface area contributed by atoms with Crippen LogP contribution in [0.25, 0.3) is 0 Å². The first-order valence-electron chi connectivity index (χ1n) is 8.45. The topological polar surface area (TPSA) is 107 Å². The zero-order chi connectivity index (χ0) is 18.3. The zero-order valence-electron chi connectivity index (χ0n) is 14.0. The molecule has 138 valence electrons. The summed E-state index contributed by atoms with van der Waals surface area (Å²) in [4.78, 5) is 3.50. The van der Waals surface area contributed by atoms with E-state index in [-0.39, 0.29) is 5.84 Å². The average Bonchev–Trinajstić information content (AvgIpc) is 3.12. The number of nitrogens with one attached hydrogen (secondary N) is 2. The van der Waals surface area contributed by atoms with Gasteiger partial charge in [0.05, 0.1) is 15.7 Å². The lowest BCUT2D eigenvalue weighted by Gasteiger charge is -2.40. The number of benzene rings is 1. The van der Waals surface area contributed by atoms with Gasteiger partial charge in [-0.25, -0.2) is 4.63 Å². The highest BCUT2D eigenvalue weighted by molar-refractivity contribution is 6.42. The van der Waals surface area contributed by atoms with Crippen LogP contribution in [0.4, 0.5) is 17.3 Å². The number of nitrogens with two attached hydrogens (primary N) is 1. The van der Waals surface area contributed by atoms with Crippen LogP contribution in [0.1, 0.15) is 12.8 Å². The number of nitrogens with zero attached hydrogens (tertiary/aromatic N) is 4. The van der Waals surface area contributed by atoms with Crippen molar-refractivity contribution in [1.29, 1.82) is 5.41 Å². The predicted octanol–water partition coefficient (Wildman–Crippen LogP) is 2.60. The number of fused-ring (bicyclic) bond motifs is 1. The monoisotopic (exact) mass is 395 g/mol. The maximum Gasteiger partial charge on any atom is 0.228 e. The molecule has 10 heteroatoms. The Bertz CT molecular complexity index is 821. The normalized spacial score (nSPS) is 21.2. The first-order valence-corrected chi connectivity index (χ1v) is 9.21. The van der Waals surface area contributed by atoms with E-state index < -0.39 is 6.17 Å². The van der Waals surface area contributed by atoms with Crippen LogP contribution in [0.5, 0.6) is 0 Å². The Morgan fingerprint density at radius 2 is 1.92 bits per heavy atom. The van der Waals surface area contributed by atoms with Crippen molar-refractivity contribution in [2.75, 3.05) is 29.4 Å². The summed E-state index contributed by atoms with van der Waals surface area (Å²) < 4.78 is 4.98. The van der Waals surface area contributed by atoms with Gasteiger partial charge >= 0.3 is 0 Å². The van der Waals surface area contributed by atoms with Crippen LogP contribution in [-0.2, 0) is 0 Å². The summed E-state index contributed by atoms with van der Waals surface area (Å²) in [6.45, 7) is 2.69. The van der Waals surface area contributed by atoms with E-state index in [1.54, 1.807) is 23.1 Å². The highest BCUT2D eigenvalue weighted by atomic mass is 35.5. The third kappa shape index (κ3) is 3.03. The standard InChI is InChI=1S/C16H19Cl2N7O/c17-11-2-1-10(7-12(11)18)25-14(20)13(19)24(15-16(25)23-26-22-15)8-9-3-5-21-6-4-9/h1-2,7,9,13,20-21H,3-6,8,19H2. The largest absolute Gasteiger partial charge is 0.328 e. The number of amidine groups is 1. The number of halogens is 2. The smallest absolute Gasteiger partial charge is 0.228 e. The van der Waals surface area contributed by atoms with E-state index in [0.29, 0.717) is 39.8 Å². The molecule has 0 radical (unpaired) electrons. The Morgan fingerprint density at radius 3 is 2.65 bits per heavy atom. The Morgan fingerprint density at radius 1 is 1.19 bits per heavy atom. The third-order valence-corrected chi connectivity index (χ3v) is 5.61. The lowest BCUT2D eigenvalue weighted by molar-refractivity contribution is 0.307. The first kappa shape index (κ1) is 17.5.